The molecule has 0 saturated carbocycles. The fraction of sp³-hybridized carbons (Fsp3) is 1.00. The summed E-state index contributed by atoms with van der Waals surface area (Å²) in [6.45, 7) is 0. The summed E-state index contributed by atoms with van der Waals surface area (Å²) in [6, 6.07) is 0. The summed E-state index contributed by atoms with van der Waals surface area (Å²) < 4.78 is -2.33. The molecule has 0 amide bonds. The number of hydrogen-bond donors (Lipinski definition) is 0. The zero-order chi connectivity index (χ0) is 11.8. The molecule has 0 spiro atoms. The fourth-order valence-electron chi connectivity index (χ4n) is 0.214. The summed E-state index contributed by atoms with van der Waals surface area (Å²) in [5, 5.41) is 0. The van der Waals surface area contributed by atoms with E-state index in [-0.39, 0.29) is 0 Å². The zero-order valence-electron chi connectivity index (χ0n) is 6.85. The van der Waals surface area contributed by atoms with Crippen LogP contribution >= 0.6 is 92.8 Å². The Morgan fingerprint density at radius 3 is 0.786 bits per heavy atom. The van der Waals surface area contributed by atoms with E-state index in [4.69, 9.17) is 92.8 Å². The van der Waals surface area contributed by atoms with Gasteiger partial charge in [0.1, 0.15) is 0 Å². The molecule has 0 aliphatic rings. The Hall–Kier alpha value is 2.32. The highest BCUT2D eigenvalue weighted by Gasteiger charge is 2.17. The second-order valence-corrected chi connectivity index (χ2v) is 7.90. The first kappa shape index (κ1) is 18.7. The molecule has 88 valence electrons. The average Bonchev–Trinajstić information content (AvgIpc) is 1.81. The van der Waals surface area contributed by atoms with Crippen molar-refractivity contribution in [2.45, 2.75) is 20.4 Å². The third-order valence-corrected chi connectivity index (χ3v) is 2.27. The quantitative estimate of drug-likeness (QED) is 0.530. The van der Waals surface area contributed by atoms with Crippen LogP contribution < -0.4 is 0 Å². The van der Waals surface area contributed by atoms with Gasteiger partial charge in [-0.25, -0.2) is 0 Å². The summed E-state index contributed by atoms with van der Waals surface area (Å²) in [5.41, 5.74) is 0. The SMILES string of the molecule is ClCCC(Cl)(Cl)Cl.ClCCC(Cl)(Cl)Cl. The van der Waals surface area contributed by atoms with Crippen LogP contribution in [0.1, 0.15) is 12.8 Å². The number of halogens is 8. The zero-order valence-corrected chi connectivity index (χ0v) is 12.9. The predicted octanol–water partition coefficient (Wildman–Crippen LogP) is 5.97. The van der Waals surface area contributed by atoms with Gasteiger partial charge in [0.05, 0.1) is 0 Å². The molecule has 0 aliphatic heterocycles. The van der Waals surface area contributed by atoms with Crippen LogP contribution in [-0.4, -0.2) is 19.3 Å². The number of hydrogen-bond acceptors (Lipinski definition) is 0. The van der Waals surface area contributed by atoms with Crippen LogP contribution in [0.3, 0.4) is 0 Å². The number of rotatable bonds is 2. The molecule has 0 aromatic carbocycles. The first-order valence-electron chi connectivity index (χ1n) is 3.38. The van der Waals surface area contributed by atoms with E-state index in [9.17, 15) is 0 Å². The van der Waals surface area contributed by atoms with E-state index in [1.165, 1.54) is 0 Å². The van der Waals surface area contributed by atoms with Crippen LogP contribution in [0, 0.1) is 0 Å². The molecular formula is C6H8Cl8. The topological polar surface area (TPSA) is 0 Å². The molecule has 0 rings (SSSR count). The summed E-state index contributed by atoms with van der Waals surface area (Å²) in [5.74, 6) is 0.771. The van der Waals surface area contributed by atoms with Gasteiger partial charge in [0.2, 0.25) is 0 Å². The molecule has 8 heteroatoms. The van der Waals surface area contributed by atoms with Gasteiger partial charge >= 0.3 is 0 Å². The third-order valence-electron chi connectivity index (χ3n) is 0.756. The molecule has 0 aliphatic carbocycles. The maximum Gasteiger partial charge on any atom is 0.191 e. The van der Waals surface area contributed by atoms with Crippen LogP contribution in [0.25, 0.3) is 0 Å². The first-order valence-corrected chi connectivity index (χ1v) is 6.71. The Labute approximate surface area is 124 Å². The van der Waals surface area contributed by atoms with Crippen molar-refractivity contribution >= 4 is 92.8 Å². The molecule has 0 aromatic heterocycles. The Bertz CT molecular complexity index is 107. The van der Waals surface area contributed by atoms with E-state index < -0.39 is 7.59 Å². The monoisotopic (exact) mass is 360 g/mol. The molecule has 0 bridgehead atoms. The molecule has 0 saturated heterocycles. The Balaban J connectivity index is 0. The van der Waals surface area contributed by atoms with Gasteiger partial charge in [-0.3, -0.25) is 0 Å². The summed E-state index contributed by atoms with van der Waals surface area (Å²) in [6.07, 6.45) is 0.804. The average molecular weight is 364 g/mol. The molecular weight excluding hydrogens is 356 g/mol. The predicted molar refractivity (Wildman–Crippen MR) is 71.3 cm³/mol. The van der Waals surface area contributed by atoms with E-state index >= 15 is 0 Å². The molecule has 0 atom stereocenters. The van der Waals surface area contributed by atoms with Gasteiger partial charge in [-0.1, -0.05) is 69.6 Å². The van der Waals surface area contributed by atoms with Gasteiger partial charge in [0.25, 0.3) is 0 Å². The van der Waals surface area contributed by atoms with Crippen molar-refractivity contribution in [3.8, 4) is 0 Å². The normalized spacial score (nSPS) is 12.0. The van der Waals surface area contributed by atoms with Crippen molar-refractivity contribution in [3.63, 3.8) is 0 Å². The lowest BCUT2D eigenvalue weighted by Crippen LogP contribution is -2.01. The molecule has 0 N–H and O–H groups in total. The maximum atomic E-state index is 5.28. The molecule has 14 heavy (non-hydrogen) atoms. The fourth-order valence-corrected chi connectivity index (χ4v) is 1.93. The second kappa shape index (κ2) is 9.36. The van der Waals surface area contributed by atoms with Crippen molar-refractivity contribution < 1.29 is 0 Å². The summed E-state index contributed by atoms with van der Waals surface area (Å²) >= 11 is 42.1. The maximum absolute atomic E-state index is 5.28. The van der Waals surface area contributed by atoms with Gasteiger partial charge < -0.3 is 0 Å². The van der Waals surface area contributed by atoms with Crippen molar-refractivity contribution in [2.24, 2.45) is 0 Å². The third kappa shape index (κ3) is 23.9. The van der Waals surface area contributed by atoms with Crippen LogP contribution in [-0.2, 0) is 0 Å². The summed E-state index contributed by atoms with van der Waals surface area (Å²) in [7, 11) is 0. The molecule has 0 nitrogen and oxygen atoms in total. The minimum absolute atomic E-state index is 0.385. The van der Waals surface area contributed by atoms with Gasteiger partial charge in [0.15, 0.2) is 7.59 Å². The van der Waals surface area contributed by atoms with Crippen LogP contribution in [0.2, 0.25) is 0 Å². The van der Waals surface area contributed by atoms with E-state index in [0.717, 1.165) is 0 Å². The van der Waals surface area contributed by atoms with E-state index in [2.05, 4.69) is 0 Å². The van der Waals surface area contributed by atoms with Gasteiger partial charge in [-0.15, -0.1) is 23.2 Å². The molecule has 0 unspecified atom stereocenters. The smallest absolute Gasteiger partial charge is 0.127 e. The van der Waals surface area contributed by atoms with Gasteiger partial charge in [-0.2, -0.15) is 0 Å². The molecule has 0 fully saturated rings. The van der Waals surface area contributed by atoms with E-state index in [1.807, 2.05) is 0 Å². The van der Waals surface area contributed by atoms with E-state index in [0.29, 0.717) is 24.6 Å². The highest BCUT2D eigenvalue weighted by Crippen LogP contribution is 2.30. The van der Waals surface area contributed by atoms with Crippen molar-refractivity contribution in [1.29, 1.82) is 0 Å². The van der Waals surface area contributed by atoms with E-state index in [1.54, 1.807) is 0 Å². The van der Waals surface area contributed by atoms with Crippen molar-refractivity contribution in [3.05, 3.63) is 0 Å². The summed E-state index contributed by atoms with van der Waals surface area (Å²) in [4.78, 5) is 0. The largest absolute Gasteiger partial charge is 0.191 e. The van der Waals surface area contributed by atoms with Gasteiger partial charge in [-0.05, 0) is 0 Å². The lowest BCUT2D eigenvalue weighted by Gasteiger charge is -2.05. The molecule has 0 heterocycles. The second-order valence-electron chi connectivity index (χ2n) is 2.11. The Kier molecular flexibility index (Phi) is 12.5. The highest BCUT2D eigenvalue weighted by molar-refractivity contribution is 6.68. The highest BCUT2D eigenvalue weighted by atomic mass is 35.6. The molecule has 0 radical (unpaired) electrons. The van der Waals surface area contributed by atoms with Crippen LogP contribution in [0.5, 0.6) is 0 Å². The first-order chi connectivity index (χ1) is 6.12. The Morgan fingerprint density at radius 2 is 0.786 bits per heavy atom. The van der Waals surface area contributed by atoms with Crippen molar-refractivity contribution in [2.75, 3.05) is 11.8 Å². The van der Waals surface area contributed by atoms with Crippen molar-refractivity contribution in [1.82, 2.24) is 0 Å². The molecule has 0 aromatic rings. The van der Waals surface area contributed by atoms with Crippen LogP contribution in [0.15, 0.2) is 0 Å². The lowest BCUT2D eigenvalue weighted by molar-refractivity contribution is 0.983. The number of alkyl halides is 8. The minimum Gasteiger partial charge on any atom is -0.127 e. The minimum atomic E-state index is -1.16. The Morgan fingerprint density at radius 1 is 0.571 bits per heavy atom. The standard InChI is InChI=1S/2C3H4Cl4/c2*4-2-1-3(5,6)7/h2*1-2H2. The van der Waals surface area contributed by atoms with Crippen LogP contribution in [0.4, 0.5) is 0 Å². The lowest BCUT2D eigenvalue weighted by atomic mass is 10.6. The van der Waals surface area contributed by atoms with Gasteiger partial charge in [0, 0.05) is 24.6 Å².